The van der Waals surface area contributed by atoms with E-state index in [9.17, 15) is 0 Å². The largest absolute Gasteiger partial charge is 0.380 e. The number of amidine groups is 1. The Morgan fingerprint density at radius 1 is 1.10 bits per heavy atom. The minimum Gasteiger partial charge on any atom is -0.380 e. The lowest BCUT2D eigenvalue weighted by Gasteiger charge is -1.98. The Morgan fingerprint density at radius 2 is 1.90 bits per heavy atom. The standard InChI is InChI=1S/C14H12N6O/c15-13(12-14(16)20-21-19-12)18-17-8-9-5-6-10-3-1-2-4-11(10)7-9/h1-8H,(H2,15,18)(H2,16,20)/b17-8-. The molecule has 0 saturated carbocycles. The molecule has 0 unspecified atom stereocenters. The Bertz CT molecular complexity index is 836. The highest BCUT2D eigenvalue weighted by molar-refractivity contribution is 5.99. The number of rotatable bonds is 3. The summed E-state index contributed by atoms with van der Waals surface area (Å²) < 4.78 is 4.44. The molecule has 3 aromatic rings. The highest BCUT2D eigenvalue weighted by atomic mass is 16.6. The number of nitrogens with zero attached hydrogens (tertiary/aromatic N) is 4. The van der Waals surface area contributed by atoms with E-state index in [0.717, 1.165) is 10.9 Å². The van der Waals surface area contributed by atoms with Gasteiger partial charge >= 0.3 is 0 Å². The van der Waals surface area contributed by atoms with E-state index >= 15 is 0 Å². The summed E-state index contributed by atoms with van der Waals surface area (Å²) in [5.41, 5.74) is 12.3. The normalized spacial score (nSPS) is 12.3. The first-order valence-corrected chi connectivity index (χ1v) is 6.18. The summed E-state index contributed by atoms with van der Waals surface area (Å²) in [5.74, 6) is 0.128. The number of hydrogen-bond acceptors (Lipinski definition) is 6. The zero-order chi connectivity index (χ0) is 14.7. The Labute approximate surface area is 119 Å². The second-order valence-corrected chi connectivity index (χ2v) is 4.33. The smallest absolute Gasteiger partial charge is 0.199 e. The van der Waals surface area contributed by atoms with Crippen molar-refractivity contribution in [2.75, 3.05) is 5.73 Å². The van der Waals surface area contributed by atoms with Crippen LogP contribution in [0.2, 0.25) is 0 Å². The van der Waals surface area contributed by atoms with Gasteiger partial charge in [-0.3, -0.25) is 0 Å². The Morgan fingerprint density at radius 3 is 2.67 bits per heavy atom. The van der Waals surface area contributed by atoms with Crippen LogP contribution in [-0.4, -0.2) is 22.4 Å². The monoisotopic (exact) mass is 280 g/mol. The molecular weight excluding hydrogens is 268 g/mol. The van der Waals surface area contributed by atoms with Crippen molar-refractivity contribution in [3.63, 3.8) is 0 Å². The van der Waals surface area contributed by atoms with Crippen LogP contribution in [0, 0.1) is 0 Å². The first-order valence-electron chi connectivity index (χ1n) is 6.18. The summed E-state index contributed by atoms with van der Waals surface area (Å²) in [6.07, 6.45) is 1.60. The molecule has 4 N–H and O–H groups in total. The molecule has 0 aliphatic rings. The molecule has 1 aromatic heterocycles. The summed E-state index contributed by atoms with van der Waals surface area (Å²) in [6.45, 7) is 0. The lowest BCUT2D eigenvalue weighted by Crippen LogP contribution is -2.15. The minimum absolute atomic E-state index is 0.0470. The topological polar surface area (TPSA) is 116 Å². The maximum atomic E-state index is 5.69. The van der Waals surface area contributed by atoms with Crippen LogP contribution < -0.4 is 11.5 Å². The lowest BCUT2D eigenvalue weighted by molar-refractivity contribution is 0.308. The summed E-state index contributed by atoms with van der Waals surface area (Å²) in [4.78, 5) is 0. The molecule has 0 saturated heterocycles. The highest BCUT2D eigenvalue weighted by Gasteiger charge is 2.09. The van der Waals surface area contributed by atoms with Crippen molar-refractivity contribution in [3.8, 4) is 0 Å². The van der Waals surface area contributed by atoms with E-state index in [4.69, 9.17) is 11.5 Å². The van der Waals surface area contributed by atoms with Crippen molar-refractivity contribution in [3.05, 3.63) is 53.7 Å². The summed E-state index contributed by atoms with van der Waals surface area (Å²) in [5, 5.41) is 17.0. The molecule has 0 aliphatic heterocycles. The fourth-order valence-electron chi connectivity index (χ4n) is 1.87. The second-order valence-electron chi connectivity index (χ2n) is 4.33. The Kier molecular flexibility index (Phi) is 3.30. The summed E-state index contributed by atoms with van der Waals surface area (Å²) >= 11 is 0. The van der Waals surface area contributed by atoms with Crippen LogP contribution in [-0.2, 0) is 0 Å². The van der Waals surface area contributed by atoms with Gasteiger partial charge in [0.25, 0.3) is 0 Å². The van der Waals surface area contributed by atoms with E-state index in [1.807, 2.05) is 42.5 Å². The third-order valence-corrected chi connectivity index (χ3v) is 2.90. The number of benzene rings is 2. The van der Waals surface area contributed by atoms with Gasteiger partial charge in [0.2, 0.25) is 0 Å². The van der Waals surface area contributed by atoms with E-state index < -0.39 is 0 Å². The molecule has 2 aromatic carbocycles. The lowest BCUT2D eigenvalue weighted by atomic mass is 10.1. The molecule has 7 heteroatoms. The molecule has 0 aliphatic carbocycles. The first kappa shape index (κ1) is 12.8. The van der Waals surface area contributed by atoms with Crippen LogP contribution >= 0.6 is 0 Å². The first-order chi connectivity index (χ1) is 10.2. The molecule has 104 valence electrons. The number of fused-ring (bicyclic) bond motifs is 1. The molecular formula is C14H12N6O. The van der Waals surface area contributed by atoms with Gasteiger partial charge in [-0.25, -0.2) is 4.63 Å². The molecule has 0 bridgehead atoms. The maximum absolute atomic E-state index is 5.69. The molecule has 7 nitrogen and oxygen atoms in total. The zero-order valence-corrected chi connectivity index (χ0v) is 11.0. The molecule has 0 atom stereocenters. The van der Waals surface area contributed by atoms with Gasteiger partial charge in [0, 0.05) is 0 Å². The van der Waals surface area contributed by atoms with Gasteiger partial charge in [-0.2, -0.15) is 5.10 Å². The predicted octanol–water partition coefficient (Wildman–Crippen LogP) is 1.54. The van der Waals surface area contributed by atoms with Crippen molar-refractivity contribution in [1.82, 2.24) is 10.3 Å². The molecule has 0 radical (unpaired) electrons. The Balaban J connectivity index is 1.83. The van der Waals surface area contributed by atoms with Crippen LogP contribution in [0.15, 0.2) is 57.3 Å². The van der Waals surface area contributed by atoms with Crippen LogP contribution in [0.25, 0.3) is 10.8 Å². The summed E-state index contributed by atoms with van der Waals surface area (Å²) in [6, 6.07) is 14.0. The van der Waals surface area contributed by atoms with Crippen molar-refractivity contribution >= 4 is 28.6 Å². The van der Waals surface area contributed by atoms with Gasteiger partial charge in [0.1, 0.15) is 0 Å². The van der Waals surface area contributed by atoms with Crippen LogP contribution in [0.3, 0.4) is 0 Å². The van der Waals surface area contributed by atoms with E-state index in [1.54, 1.807) is 6.21 Å². The van der Waals surface area contributed by atoms with Gasteiger partial charge in [-0.15, -0.1) is 5.10 Å². The van der Waals surface area contributed by atoms with Crippen LogP contribution in [0.5, 0.6) is 0 Å². The zero-order valence-electron chi connectivity index (χ0n) is 11.0. The average molecular weight is 280 g/mol. The van der Waals surface area contributed by atoms with Crippen molar-refractivity contribution in [2.45, 2.75) is 0 Å². The maximum Gasteiger partial charge on any atom is 0.199 e. The van der Waals surface area contributed by atoms with Crippen LogP contribution in [0.1, 0.15) is 11.3 Å². The van der Waals surface area contributed by atoms with E-state index in [0.29, 0.717) is 0 Å². The Hall–Kier alpha value is -3.22. The molecule has 1 heterocycles. The van der Waals surface area contributed by atoms with Crippen molar-refractivity contribution in [1.29, 1.82) is 0 Å². The van der Waals surface area contributed by atoms with Gasteiger partial charge in [-0.1, -0.05) is 36.4 Å². The number of nitrogen functional groups attached to an aromatic ring is 1. The van der Waals surface area contributed by atoms with Gasteiger partial charge in [0.05, 0.1) is 6.21 Å². The van der Waals surface area contributed by atoms with E-state index in [-0.39, 0.29) is 17.3 Å². The SMILES string of the molecule is N/C(=N/N=C\c1ccc2ccccc2c1)c1nonc1N. The average Bonchev–Trinajstić information content (AvgIpc) is 2.93. The quantitative estimate of drug-likeness (QED) is 0.429. The van der Waals surface area contributed by atoms with E-state index in [1.165, 1.54) is 5.39 Å². The van der Waals surface area contributed by atoms with E-state index in [2.05, 4.69) is 25.1 Å². The molecule has 3 rings (SSSR count). The third kappa shape index (κ3) is 2.71. The molecule has 0 amide bonds. The van der Waals surface area contributed by atoms with Gasteiger partial charge < -0.3 is 11.5 Å². The van der Waals surface area contributed by atoms with Crippen molar-refractivity contribution in [2.24, 2.45) is 15.9 Å². The highest BCUT2D eigenvalue weighted by Crippen LogP contribution is 2.14. The van der Waals surface area contributed by atoms with Crippen molar-refractivity contribution < 1.29 is 4.63 Å². The second kappa shape index (κ2) is 5.41. The van der Waals surface area contributed by atoms with Gasteiger partial charge in [0.15, 0.2) is 17.3 Å². The van der Waals surface area contributed by atoms with Crippen LogP contribution in [0.4, 0.5) is 5.82 Å². The summed E-state index contributed by atoms with van der Waals surface area (Å²) in [7, 11) is 0. The number of aromatic nitrogens is 2. The molecule has 0 fully saturated rings. The molecule has 0 spiro atoms. The molecule has 21 heavy (non-hydrogen) atoms. The fourth-order valence-corrected chi connectivity index (χ4v) is 1.87. The minimum atomic E-state index is 0.0470. The predicted molar refractivity (Wildman–Crippen MR) is 81.0 cm³/mol. The number of anilines is 1. The number of hydrogen-bond donors (Lipinski definition) is 2. The number of nitrogens with two attached hydrogens (primary N) is 2. The van der Waals surface area contributed by atoms with Gasteiger partial charge in [-0.05, 0) is 32.7 Å². The fraction of sp³-hybridized carbons (Fsp3) is 0. The third-order valence-electron chi connectivity index (χ3n) is 2.90.